The molecule has 4 rings (SSSR count). The Kier molecular flexibility index (Phi) is 3.68. The van der Waals surface area contributed by atoms with Crippen LogP contribution in [0.1, 0.15) is 48.9 Å². The van der Waals surface area contributed by atoms with Gasteiger partial charge in [0, 0.05) is 18.1 Å². The Labute approximate surface area is 135 Å². The second kappa shape index (κ2) is 5.84. The number of likely N-dealkylation sites (tertiary alicyclic amines) is 1. The Balaban J connectivity index is 1.68. The third-order valence-electron chi connectivity index (χ3n) is 5.49. The molecule has 1 aliphatic heterocycles. The van der Waals surface area contributed by atoms with Gasteiger partial charge in [0.25, 0.3) is 11.5 Å². The van der Waals surface area contributed by atoms with Crippen molar-refractivity contribution < 1.29 is 4.79 Å². The molecule has 2 aliphatic rings. The van der Waals surface area contributed by atoms with E-state index in [4.69, 9.17) is 0 Å². The molecule has 0 unspecified atom stereocenters. The van der Waals surface area contributed by atoms with Crippen LogP contribution in [0.2, 0.25) is 0 Å². The molecule has 1 aliphatic carbocycles. The molecular formula is C19H22N2O2. The SMILES string of the molecule is O=C(c1cc2ccccc2[nH]c1=O)N1CCC[C@H]1C1CCCC1. The van der Waals surface area contributed by atoms with Gasteiger partial charge in [-0.3, -0.25) is 9.59 Å². The Hall–Kier alpha value is -2.10. The number of carbonyl (C=O) groups excluding carboxylic acids is 1. The van der Waals surface area contributed by atoms with Crippen molar-refractivity contribution in [3.05, 3.63) is 46.2 Å². The summed E-state index contributed by atoms with van der Waals surface area (Å²) in [5.74, 6) is 0.535. The van der Waals surface area contributed by atoms with Crippen LogP contribution in [0.25, 0.3) is 10.9 Å². The van der Waals surface area contributed by atoms with E-state index in [0.717, 1.165) is 30.3 Å². The van der Waals surface area contributed by atoms with Gasteiger partial charge in [-0.2, -0.15) is 0 Å². The molecule has 0 radical (unpaired) electrons. The highest BCUT2D eigenvalue weighted by molar-refractivity contribution is 5.97. The Bertz CT molecular complexity index is 789. The molecule has 1 amide bonds. The van der Waals surface area contributed by atoms with Gasteiger partial charge in [0.1, 0.15) is 5.56 Å². The molecule has 4 heteroatoms. The Morgan fingerprint density at radius 3 is 2.70 bits per heavy atom. The number of nitrogens with zero attached hydrogens (tertiary/aromatic N) is 1. The first-order valence-corrected chi connectivity index (χ1v) is 8.67. The number of H-pyrrole nitrogens is 1. The van der Waals surface area contributed by atoms with Crippen molar-refractivity contribution in [3.63, 3.8) is 0 Å². The van der Waals surface area contributed by atoms with E-state index in [0.29, 0.717) is 12.0 Å². The molecule has 2 heterocycles. The van der Waals surface area contributed by atoms with Crippen molar-refractivity contribution in [1.29, 1.82) is 0 Å². The first-order valence-electron chi connectivity index (χ1n) is 8.67. The molecule has 23 heavy (non-hydrogen) atoms. The lowest BCUT2D eigenvalue weighted by atomic mass is 9.95. The summed E-state index contributed by atoms with van der Waals surface area (Å²) < 4.78 is 0. The number of hydrogen-bond donors (Lipinski definition) is 1. The number of fused-ring (bicyclic) bond motifs is 1. The highest BCUT2D eigenvalue weighted by atomic mass is 16.2. The molecule has 1 atom stereocenters. The maximum absolute atomic E-state index is 13.0. The number of amides is 1. The predicted octanol–water partition coefficient (Wildman–Crippen LogP) is 3.32. The van der Waals surface area contributed by atoms with E-state index in [1.807, 2.05) is 29.2 Å². The molecule has 2 aromatic rings. The van der Waals surface area contributed by atoms with Gasteiger partial charge in [0.15, 0.2) is 0 Å². The van der Waals surface area contributed by atoms with Crippen molar-refractivity contribution in [1.82, 2.24) is 9.88 Å². The summed E-state index contributed by atoms with van der Waals surface area (Å²) in [5, 5.41) is 0.909. The fourth-order valence-corrected chi connectivity index (χ4v) is 4.34. The zero-order valence-electron chi connectivity index (χ0n) is 13.3. The first-order chi connectivity index (χ1) is 11.2. The van der Waals surface area contributed by atoms with Gasteiger partial charge < -0.3 is 9.88 Å². The maximum Gasteiger partial charge on any atom is 0.261 e. The largest absolute Gasteiger partial charge is 0.335 e. The fraction of sp³-hybridized carbons (Fsp3) is 0.474. The Morgan fingerprint density at radius 1 is 1.09 bits per heavy atom. The standard InChI is InChI=1S/C19H22N2O2/c22-18-15(12-14-8-3-4-9-16(14)20-18)19(23)21-11-5-10-17(21)13-6-1-2-7-13/h3-4,8-9,12-13,17H,1-2,5-7,10-11H2,(H,20,22)/t17-/m0/s1. The number of para-hydroxylation sites is 1. The predicted molar refractivity (Wildman–Crippen MR) is 90.6 cm³/mol. The van der Waals surface area contributed by atoms with Crippen molar-refractivity contribution >= 4 is 16.8 Å². The third-order valence-corrected chi connectivity index (χ3v) is 5.49. The van der Waals surface area contributed by atoms with Gasteiger partial charge >= 0.3 is 0 Å². The first kappa shape index (κ1) is 14.5. The van der Waals surface area contributed by atoms with Gasteiger partial charge in [-0.25, -0.2) is 0 Å². The molecule has 0 spiro atoms. The molecule has 0 bridgehead atoms. The van der Waals surface area contributed by atoms with Gasteiger partial charge in [-0.1, -0.05) is 31.0 Å². The number of pyridine rings is 1. The summed E-state index contributed by atoms with van der Waals surface area (Å²) in [6.07, 6.45) is 7.14. The second-order valence-corrected chi connectivity index (χ2v) is 6.85. The minimum atomic E-state index is -0.272. The molecule has 1 saturated heterocycles. The zero-order valence-corrected chi connectivity index (χ0v) is 13.3. The van der Waals surface area contributed by atoms with Gasteiger partial charge in [-0.05, 0) is 49.1 Å². The van der Waals surface area contributed by atoms with E-state index in [-0.39, 0.29) is 17.0 Å². The molecule has 4 nitrogen and oxygen atoms in total. The molecule has 1 aromatic heterocycles. The van der Waals surface area contributed by atoms with Crippen LogP contribution in [-0.2, 0) is 0 Å². The van der Waals surface area contributed by atoms with Gasteiger partial charge in [0.2, 0.25) is 0 Å². The van der Waals surface area contributed by atoms with Crippen LogP contribution >= 0.6 is 0 Å². The molecule has 1 N–H and O–H groups in total. The molecule has 1 aromatic carbocycles. The van der Waals surface area contributed by atoms with Crippen LogP contribution in [0, 0.1) is 5.92 Å². The van der Waals surface area contributed by atoms with Crippen molar-refractivity contribution in [2.45, 2.75) is 44.6 Å². The highest BCUT2D eigenvalue weighted by Gasteiger charge is 2.36. The van der Waals surface area contributed by atoms with E-state index in [1.54, 1.807) is 6.07 Å². The number of aromatic nitrogens is 1. The normalized spacial score (nSPS) is 22.1. The van der Waals surface area contributed by atoms with Crippen molar-refractivity contribution in [3.8, 4) is 0 Å². The lowest BCUT2D eigenvalue weighted by Gasteiger charge is -2.29. The van der Waals surface area contributed by atoms with Crippen LogP contribution in [0.15, 0.2) is 35.1 Å². The summed E-state index contributed by atoms with van der Waals surface area (Å²) in [6.45, 7) is 0.784. The maximum atomic E-state index is 13.0. The molecule has 1 saturated carbocycles. The average molecular weight is 310 g/mol. The monoisotopic (exact) mass is 310 g/mol. The quantitative estimate of drug-likeness (QED) is 0.925. The molecule has 120 valence electrons. The lowest BCUT2D eigenvalue weighted by molar-refractivity contribution is 0.0687. The fourth-order valence-electron chi connectivity index (χ4n) is 4.34. The van der Waals surface area contributed by atoms with E-state index in [1.165, 1.54) is 25.7 Å². The molecular weight excluding hydrogens is 288 g/mol. The third kappa shape index (κ3) is 2.56. The summed E-state index contributed by atoms with van der Waals surface area (Å²) in [4.78, 5) is 30.2. The minimum Gasteiger partial charge on any atom is -0.335 e. The summed E-state index contributed by atoms with van der Waals surface area (Å²) >= 11 is 0. The zero-order chi connectivity index (χ0) is 15.8. The summed E-state index contributed by atoms with van der Waals surface area (Å²) in [5.41, 5.74) is 0.794. The number of hydrogen-bond acceptors (Lipinski definition) is 2. The summed E-state index contributed by atoms with van der Waals surface area (Å²) in [6, 6.07) is 9.68. The number of nitrogens with one attached hydrogen (secondary N) is 1. The van der Waals surface area contributed by atoms with Gasteiger partial charge in [0.05, 0.1) is 0 Å². The lowest BCUT2D eigenvalue weighted by Crippen LogP contribution is -2.41. The topological polar surface area (TPSA) is 53.2 Å². The number of rotatable bonds is 2. The highest BCUT2D eigenvalue weighted by Crippen LogP contribution is 2.35. The Morgan fingerprint density at radius 2 is 1.87 bits per heavy atom. The van der Waals surface area contributed by atoms with Crippen LogP contribution in [0.3, 0.4) is 0 Å². The minimum absolute atomic E-state index is 0.0913. The van der Waals surface area contributed by atoms with Crippen LogP contribution < -0.4 is 5.56 Å². The van der Waals surface area contributed by atoms with E-state index in [2.05, 4.69) is 4.98 Å². The average Bonchev–Trinajstić information content (AvgIpc) is 3.24. The second-order valence-electron chi connectivity index (χ2n) is 6.85. The van der Waals surface area contributed by atoms with Crippen molar-refractivity contribution in [2.24, 2.45) is 5.92 Å². The number of aromatic amines is 1. The van der Waals surface area contributed by atoms with E-state index >= 15 is 0 Å². The molecule has 2 fully saturated rings. The smallest absolute Gasteiger partial charge is 0.261 e. The van der Waals surface area contributed by atoms with E-state index in [9.17, 15) is 9.59 Å². The van der Waals surface area contributed by atoms with E-state index < -0.39 is 0 Å². The van der Waals surface area contributed by atoms with Gasteiger partial charge in [-0.15, -0.1) is 0 Å². The van der Waals surface area contributed by atoms with Crippen LogP contribution in [0.4, 0.5) is 0 Å². The van der Waals surface area contributed by atoms with Crippen molar-refractivity contribution in [2.75, 3.05) is 6.54 Å². The number of benzene rings is 1. The number of carbonyl (C=O) groups is 1. The van der Waals surface area contributed by atoms with Crippen LogP contribution in [-0.4, -0.2) is 28.4 Å². The summed E-state index contributed by atoms with van der Waals surface area (Å²) in [7, 11) is 0. The van der Waals surface area contributed by atoms with Crippen LogP contribution in [0.5, 0.6) is 0 Å².